The standard InChI is InChI=1S/C20H24O3/c1-11(2)14-16(21)12-8-10-20(5)13(7-6-9-19(20,3)4)15(12)18(23)17(14)22/h7-8,10-11,21H,6,9H2,1-5H3. The lowest BCUT2D eigenvalue weighted by Crippen LogP contribution is -2.43. The number of carbonyl (C=O) groups excluding carboxylic acids is 2. The van der Waals surface area contributed by atoms with Crippen LogP contribution in [-0.4, -0.2) is 16.7 Å². The third-order valence-electron chi connectivity index (χ3n) is 5.97. The maximum absolute atomic E-state index is 12.8. The predicted octanol–water partition coefficient (Wildman–Crippen LogP) is 4.23. The second-order valence-corrected chi connectivity index (χ2v) is 7.94. The Kier molecular flexibility index (Phi) is 3.33. The van der Waals surface area contributed by atoms with E-state index in [0.717, 1.165) is 18.4 Å². The van der Waals surface area contributed by atoms with Crippen molar-refractivity contribution >= 4 is 11.6 Å². The Labute approximate surface area is 137 Å². The average Bonchev–Trinajstić information content (AvgIpc) is 2.45. The highest BCUT2D eigenvalue weighted by atomic mass is 16.3. The Balaban J connectivity index is 2.27. The number of hydrogen-bond acceptors (Lipinski definition) is 3. The summed E-state index contributed by atoms with van der Waals surface area (Å²) in [6.45, 7) is 10.2. The molecule has 3 rings (SSSR count). The van der Waals surface area contributed by atoms with Gasteiger partial charge in [0, 0.05) is 22.1 Å². The van der Waals surface area contributed by atoms with Crippen LogP contribution < -0.4 is 0 Å². The molecule has 0 radical (unpaired) electrons. The monoisotopic (exact) mass is 312 g/mol. The van der Waals surface area contributed by atoms with Gasteiger partial charge >= 0.3 is 0 Å². The zero-order chi connectivity index (χ0) is 17.2. The van der Waals surface area contributed by atoms with E-state index in [1.165, 1.54) is 0 Å². The molecule has 3 heteroatoms. The van der Waals surface area contributed by atoms with Crippen LogP contribution in [0.3, 0.4) is 0 Å². The van der Waals surface area contributed by atoms with Gasteiger partial charge in [-0.05, 0) is 29.7 Å². The fourth-order valence-corrected chi connectivity index (χ4v) is 4.04. The topological polar surface area (TPSA) is 54.4 Å². The molecule has 3 aliphatic rings. The fourth-order valence-electron chi connectivity index (χ4n) is 4.04. The number of fused-ring (bicyclic) bond motifs is 2. The molecule has 0 aromatic rings. The molecule has 0 fully saturated rings. The van der Waals surface area contributed by atoms with E-state index in [-0.39, 0.29) is 28.1 Å². The van der Waals surface area contributed by atoms with Crippen LogP contribution in [0, 0.1) is 16.7 Å². The van der Waals surface area contributed by atoms with E-state index in [4.69, 9.17) is 0 Å². The third-order valence-corrected chi connectivity index (χ3v) is 5.97. The van der Waals surface area contributed by atoms with E-state index in [9.17, 15) is 14.7 Å². The molecule has 0 bridgehead atoms. The molecule has 122 valence electrons. The summed E-state index contributed by atoms with van der Waals surface area (Å²) in [5.41, 5.74) is 1.76. The second-order valence-electron chi connectivity index (χ2n) is 7.94. The molecule has 0 spiro atoms. The van der Waals surface area contributed by atoms with Crippen molar-refractivity contribution in [2.45, 2.75) is 47.5 Å². The number of hydrogen-bond donors (Lipinski definition) is 1. The minimum atomic E-state index is -0.557. The van der Waals surface area contributed by atoms with Crippen molar-refractivity contribution in [3.05, 3.63) is 46.3 Å². The molecule has 1 atom stereocenters. The number of rotatable bonds is 1. The van der Waals surface area contributed by atoms with Gasteiger partial charge in [0.05, 0.1) is 0 Å². The highest BCUT2D eigenvalue weighted by molar-refractivity contribution is 6.51. The van der Waals surface area contributed by atoms with Gasteiger partial charge in [0.15, 0.2) is 0 Å². The highest BCUT2D eigenvalue weighted by Crippen LogP contribution is 2.57. The van der Waals surface area contributed by atoms with E-state index in [2.05, 4.69) is 32.9 Å². The molecular weight excluding hydrogens is 288 g/mol. The fraction of sp³-hybridized carbons (Fsp3) is 0.500. The first-order chi connectivity index (χ1) is 10.6. The minimum Gasteiger partial charge on any atom is -0.507 e. The molecule has 1 unspecified atom stereocenters. The summed E-state index contributed by atoms with van der Waals surface area (Å²) < 4.78 is 0. The summed E-state index contributed by atoms with van der Waals surface area (Å²) in [4.78, 5) is 25.3. The van der Waals surface area contributed by atoms with Gasteiger partial charge in [-0.2, -0.15) is 0 Å². The summed E-state index contributed by atoms with van der Waals surface area (Å²) in [7, 11) is 0. The van der Waals surface area contributed by atoms with Gasteiger partial charge in [-0.1, -0.05) is 52.8 Å². The number of allylic oxidation sites excluding steroid dienone is 6. The maximum atomic E-state index is 12.8. The molecule has 3 aliphatic carbocycles. The molecule has 0 aliphatic heterocycles. The van der Waals surface area contributed by atoms with Crippen LogP contribution in [0.4, 0.5) is 0 Å². The van der Waals surface area contributed by atoms with Gasteiger partial charge in [0.1, 0.15) is 5.76 Å². The smallest absolute Gasteiger partial charge is 0.234 e. The van der Waals surface area contributed by atoms with Crippen molar-refractivity contribution < 1.29 is 14.7 Å². The predicted molar refractivity (Wildman–Crippen MR) is 89.9 cm³/mol. The van der Waals surface area contributed by atoms with Crippen molar-refractivity contribution in [3.8, 4) is 0 Å². The van der Waals surface area contributed by atoms with Crippen LogP contribution in [0.15, 0.2) is 46.3 Å². The van der Waals surface area contributed by atoms with Crippen LogP contribution >= 0.6 is 0 Å². The zero-order valence-electron chi connectivity index (χ0n) is 14.5. The molecule has 3 nitrogen and oxygen atoms in total. The molecule has 0 saturated heterocycles. The first-order valence-corrected chi connectivity index (χ1v) is 8.29. The number of aliphatic hydroxyl groups is 1. The molecule has 0 saturated carbocycles. The Morgan fingerprint density at radius 1 is 1.13 bits per heavy atom. The Hall–Kier alpha value is -1.90. The Morgan fingerprint density at radius 3 is 2.39 bits per heavy atom. The maximum Gasteiger partial charge on any atom is 0.234 e. The molecule has 0 amide bonds. The Morgan fingerprint density at radius 2 is 1.78 bits per heavy atom. The van der Waals surface area contributed by atoms with Crippen LogP contribution in [0.25, 0.3) is 0 Å². The first kappa shape index (κ1) is 16.0. The van der Waals surface area contributed by atoms with Crippen molar-refractivity contribution in [1.29, 1.82) is 0 Å². The van der Waals surface area contributed by atoms with Crippen molar-refractivity contribution in [3.63, 3.8) is 0 Å². The van der Waals surface area contributed by atoms with E-state index in [0.29, 0.717) is 11.1 Å². The summed E-state index contributed by atoms with van der Waals surface area (Å²) in [6, 6.07) is 0. The average molecular weight is 312 g/mol. The summed E-state index contributed by atoms with van der Waals surface area (Å²) in [5, 5.41) is 10.6. The van der Waals surface area contributed by atoms with E-state index >= 15 is 0 Å². The zero-order valence-corrected chi connectivity index (χ0v) is 14.5. The van der Waals surface area contributed by atoms with E-state index < -0.39 is 11.6 Å². The first-order valence-electron chi connectivity index (χ1n) is 8.29. The molecule has 1 N–H and O–H groups in total. The lowest BCUT2D eigenvalue weighted by atomic mass is 9.54. The summed E-state index contributed by atoms with van der Waals surface area (Å²) in [6.07, 6.45) is 7.91. The lowest BCUT2D eigenvalue weighted by molar-refractivity contribution is -0.132. The largest absolute Gasteiger partial charge is 0.507 e. The minimum absolute atomic E-state index is 0.00685. The number of carbonyl (C=O) groups is 2. The molecule has 0 aromatic carbocycles. The van der Waals surface area contributed by atoms with Crippen molar-refractivity contribution in [1.82, 2.24) is 0 Å². The van der Waals surface area contributed by atoms with Gasteiger partial charge in [0.2, 0.25) is 11.6 Å². The van der Waals surface area contributed by atoms with E-state index in [1.807, 2.05) is 19.9 Å². The van der Waals surface area contributed by atoms with Gasteiger partial charge in [-0.3, -0.25) is 9.59 Å². The normalized spacial score (nSPS) is 29.7. The summed E-state index contributed by atoms with van der Waals surface area (Å²) >= 11 is 0. The Bertz CT molecular complexity index is 741. The van der Waals surface area contributed by atoms with Crippen LogP contribution in [0.1, 0.15) is 47.5 Å². The highest BCUT2D eigenvalue weighted by Gasteiger charge is 2.50. The molecular formula is C20H24O3. The molecule has 0 heterocycles. The van der Waals surface area contributed by atoms with Gasteiger partial charge in [-0.25, -0.2) is 0 Å². The van der Waals surface area contributed by atoms with Crippen molar-refractivity contribution in [2.75, 3.05) is 0 Å². The number of ketones is 2. The van der Waals surface area contributed by atoms with Crippen LogP contribution in [0.2, 0.25) is 0 Å². The second kappa shape index (κ2) is 4.80. The van der Waals surface area contributed by atoms with E-state index in [1.54, 1.807) is 0 Å². The SMILES string of the molecule is CC(C)C1=C(O)C2=C(C(=O)C1=O)C1=CCCC(C)(C)C1(C)C=C2. The third kappa shape index (κ3) is 1.95. The summed E-state index contributed by atoms with van der Waals surface area (Å²) in [5.74, 6) is -1.24. The lowest BCUT2D eigenvalue weighted by Gasteiger charge is -2.49. The van der Waals surface area contributed by atoms with Crippen LogP contribution in [0.5, 0.6) is 0 Å². The number of Topliss-reactive ketones (excluding diaryl/α,β-unsaturated/α-hetero) is 2. The molecule has 0 aromatic heterocycles. The van der Waals surface area contributed by atoms with Crippen molar-refractivity contribution in [2.24, 2.45) is 16.7 Å². The quantitative estimate of drug-likeness (QED) is 0.582. The van der Waals surface area contributed by atoms with Crippen LogP contribution in [-0.2, 0) is 9.59 Å². The van der Waals surface area contributed by atoms with Gasteiger partial charge in [-0.15, -0.1) is 0 Å². The van der Waals surface area contributed by atoms with Gasteiger partial charge < -0.3 is 5.11 Å². The number of aliphatic hydroxyl groups excluding tert-OH is 1. The molecule has 23 heavy (non-hydrogen) atoms. The van der Waals surface area contributed by atoms with Gasteiger partial charge in [0.25, 0.3) is 0 Å².